The van der Waals surface area contributed by atoms with Gasteiger partial charge in [-0.3, -0.25) is 0 Å². The maximum absolute atomic E-state index is 5.10. The van der Waals surface area contributed by atoms with Crippen molar-refractivity contribution in [1.82, 2.24) is 9.97 Å². The molecule has 0 aliphatic carbocycles. The van der Waals surface area contributed by atoms with Gasteiger partial charge in [0.05, 0.1) is 13.3 Å². The van der Waals surface area contributed by atoms with Crippen LogP contribution in [0.1, 0.15) is 11.7 Å². The molecule has 0 unspecified atom stereocenters. The maximum Gasteiger partial charge on any atom is 0.171 e. The van der Waals surface area contributed by atoms with Gasteiger partial charge >= 0.3 is 0 Å². The van der Waals surface area contributed by atoms with E-state index in [9.17, 15) is 0 Å². The summed E-state index contributed by atoms with van der Waals surface area (Å²) in [6, 6.07) is 0. The molecule has 5 heteroatoms. The van der Waals surface area contributed by atoms with E-state index >= 15 is 0 Å². The van der Waals surface area contributed by atoms with E-state index in [1.165, 1.54) is 0 Å². The number of aromatic amines is 1. The topological polar surface area (TPSA) is 37.9 Å². The zero-order valence-corrected chi connectivity index (χ0v) is 8.87. The smallest absolute Gasteiger partial charge is 0.171 e. The van der Waals surface area contributed by atoms with Crippen LogP contribution in [0, 0.1) is 4.64 Å². The van der Waals surface area contributed by atoms with Gasteiger partial charge in [-0.05, 0) is 0 Å². The van der Waals surface area contributed by atoms with E-state index in [2.05, 4.69) is 9.97 Å². The molecule has 0 amide bonds. The molecule has 1 saturated heterocycles. The largest absolute Gasteiger partial charge is 0.492 e. The zero-order chi connectivity index (χ0) is 9.26. The molecule has 0 radical (unpaired) electrons. The van der Waals surface area contributed by atoms with Crippen LogP contribution in [0.3, 0.4) is 0 Å². The Balaban J connectivity index is 2.29. The van der Waals surface area contributed by atoms with Gasteiger partial charge in [-0.15, -0.1) is 0 Å². The first kappa shape index (κ1) is 9.02. The summed E-state index contributed by atoms with van der Waals surface area (Å²) in [4.78, 5) is 7.37. The fraction of sp³-hybridized carbons (Fsp3) is 0.500. The molecule has 1 aromatic heterocycles. The third-order valence-corrected chi connectivity index (χ3v) is 3.61. The third-order valence-electron chi connectivity index (χ3n) is 2.03. The second-order valence-electron chi connectivity index (χ2n) is 2.90. The lowest BCUT2D eigenvalue weighted by atomic mass is 10.2. The number of H-pyrrole nitrogens is 1. The van der Waals surface area contributed by atoms with Crippen molar-refractivity contribution in [2.75, 3.05) is 18.6 Å². The van der Waals surface area contributed by atoms with E-state index in [1.54, 1.807) is 13.3 Å². The summed E-state index contributed by atoms with van der Waals surface area (Å²) in [6.07, 6.45) is 1.69. The summed E-state index contributed by atoms with van der Waals surface area (Å²) in [5.74, 6) is 4.47. The standard InChI is InChI=1S/C8H10N2OS2/c1-11-6-2-9-7(10-8(6)12)5-3-13-4-5/h2,5H,3-4H2,1H3,(H,9,10,12). The average Bonchev–Trinajstić information content (AvgIpc) is 2.01. The quantitative estimate of drug-likeness (QED) is 0.764. The number of aromatic nitrogens is 2. The molecule has 0 aromatic carbocycles. The molecule has 0 spiro atoms. The normalized spacial score (nSPS) is 16.7. The van der Waals surface area contributed by atoms with Crippen LogP contribution >= 0.6 is 24.0 Å². The van der Waals surface area contributed by atoms with Crippen LogP contribution in [0.4, 0.5) is 0 Å². The van der Waals surface area contributed by atoms with E-state index in [1.807, 2.05) is 11.8 Å². The van der Waals surface area contributed by atoms with Gasteiger partial charge < -0.3 is 9.72 Å². The maximum atomic E-state index is 5.10. The van der Waals surface area contributed by atoms with Gasteiger partial charge in [0.15, 0.2) is 5.75 Å². The Kier molecular flexibility index (Phi) is 2.55. The van der Waals surface area contributed by atoms with Crippen LogP contribution in [0.5, 0.6) is 5.75 Å². The van der Waals surface area contributed by atoms with E-state index < -0.39 is 0 Å². The summed E-state index contributed by atoms with van der Waals surface area (Å²) < 4.78 is 5.67. The predicted molar refractivity (Wildman–Crippen MR) is 56.0 cm³/mol. The minimum atomic E-state index is 0.553. The van der Waals surface area contributed by atoms with Gasteiger partial charge in [0.1, 0.15) is 10.5 Å². The zero-order valence-electron chi connectivity index (χ0n) is 7.24. The lowest BCUT2D eigenvalue weighted by Crippen LogP contribution is -2.18. The fourth-order valence-electron chi connectivity index (χ4n) is 1.14. The summed E-state index contributed by atoms with van der Waals surface area (Å²) in [6.45, 7) is 0. The minimum Gasteiger partial charge on any atom is -0.492 e. The average molecular weight is 214 g/mol. The van der Waals surface area contributed by atoms with Crippen molar-refractivity contribution in [2.45, 2.75) is 5.92 Å². The summed E-state index contributed by atoms with van der Waals surface area (Å²) in [5, 5.41) is 0. The number of hydrogen-bond donors (Lipinski definition) is 1. The molecule has 70 valence electrons. The first-order valence-electron chi connectivity index (χ1n) is 4.02. The summed E-state index contributed by atoms with van der Waals surface area (Å²) >= 11 is 7.03. The Morgan fingerprint density at radius 3 is 2.92 bits per heavy atom. The lowest BCUT2D eigenvalue weighted by Gasteiger charge is -2.23. The molecule has 1 N–H and O–H groups in total. The number of nitrogens with one attached hydrogen (secondary N) is 1. The highest BCUT2D eigenvalue weighted by molar-refractivity contribution is 8.00. The molecular formula is C8H10N2OS2. The second kappa shape index (κ2) is 3.67. The van der Waals surface area contributed by atoms with E-state index in [0.717, 1.165) is 17.3 Å². The van der Waals surface area contributed by atoms with Gasteiger partial charge in [-0.25, -0.2) is 4.98 Å². The minimum absolute atomic E-state index is 0.553. The van der Waals surface area contributed by atoms with Crippen molar-refractivity contribution in [2.24, 2.45) is 0 Å². The molecule has 3 nitrogen and oxygen atoms in total. The molecule has 1 aromatic rings. The van der Waals surface area contributed by atoms with Crippen LogP contribution < -0.4 is 4.74 Å². The molecule has 1 aliphatic rings. The Bertz CT molecular complexity index is 359. The fourth-order valence-corrected chi connectivity index (χ4v) is 2.17. The Hall–Kier alpha value is -0.550. The van der Waals surface area contributed by atoms with Gasteiger partial charge in [-0.2, -0.15) is 11.8 Å². The lowest BCUT2D eigenvalue weighted by molar-refractivity contribution is 0.407. The highest BCUT2D eigenvalue weighted by atomic mass is 32.2. The molecule has 0 bridgehead atoms. The highest BCUT2D eigenvalue weighted by Gasteiger charge is 2.22. The number of rotatable bonds is 2. The van der Waals surface area contributed by atoms with Crippen LogP contribution in [0.2, 0.25) is 0 Å². The number of ether oxygens (including phenoxy) is 1. The van der Waals surface area contributed by atoms with Gasteiger partial charge in [0.25, 0.3) is 0 Å². The SMILES string of the molecule is COc1cnc(C2CSC2)[nH]c1=S. The van der Waals surface area contributed by atoms with Crippen LogP contribution in [0.25, 0.3) is 0 Å². The molecule has 0 atom stereocenters. The van der Waals surface area contributed by atoms with E-state index in [-0.39, 0.29) is 0 Å². The van der Waals surface area contributed by atoms with Crippen molar-refractivity contribution in [3.8, 4) is 5.75 Å². The van der Waals surface area contributed by atoms with Crippen molar-refractivity contribution in [1.29, 1.82) is 0 Å². The summed E-state index contributed by atoms with van der Waals surface area (Å²) in [7, 11) is 1.60. The van der Waals surface area contributed by atoms with E-state index in [0.29, 0.717) is 16.3 Å². The van der Waals surface area contributed by atoms with Gasteiger partial charge in [0.2, 0.25) is 0 Å². The molecular weight excluding hydrogens is 204 g/mol. The number of hydrogen-bond acceptors (Lipinski definition) is 4. The predicted octanol–water partition coefficient (Wildman–Crippen LogP) is 1.98. The highest BCUT2D eigenvalue weighted by Crippen LogP contribution is 2.32. The Morgan fingerprint density at radius 1 is 1.69 bits per heavy atom. The number of methoxy groups -OCH3 is 1. The monoisotopic (exact) mass is 214 g/mol. The molecule has 1 fully saturated rings. The molecule has 0 saturated carbocycles. The van der Waals surface area contributed by atoms with Crippen LogP contribution in [-0.2, 0) is 0 Å². The Labute approximate surface area is 85.9 Å². The van der Waals surface area contributed by atoms with Crippen LogP contribution in [-0.4, -0.2) is 28.6 Å². The Morgan fingerprint density at radius 2 is 2.46 bits per heavy atom. The van der Waals surface area contributed by atoms with Crippen molar-refractivity contribution < 1.29 is 4.74 Å². The molecule has 2 rings (SSSR count). The number of nitrogens with zero attached hydrogens (tertiary/aromatic N) is 1. The number of thioether (sulfide) groups is 1. The third kappa shape index (κ3) is 1.71. The van der Waals surface area contributed by atoms with E-state index in [4.69, 9.17) is 17.0 Å². The second-order valence-corrected chi connectivity index (χ2v) is 4.38. The molecule has 1 aliphatic heterocycles. The van der Waals surface area contributed by atoms with Gasteiger partial charge in [0, 0.05) is 17.4 Å². The first-order chi connectivity index (χ1) is 6.31. The molecule has 2 heterocycles. The van der Waals surface area contributed by atoms with Crippen LogP contribution in [0.15, 0.2) is 6.20 Å². The summed E-state index contributed by atoms with van der Waals surface area (Å²) in [5.41, 5.74) is 0. The van der Waals surface area contributed by atoms with Crippen molar-refractivity contribution in [3.05, 3.63) is 16.7 Å². The van der Waals surface area contributed by atoms with Crippen molar-refractivity contribution >= 4 is 24.0 Å². The first-order valence-corrected chi connectivity index (χ1v) is 5.58. The molecule has 13 heavy (non-hydrogen) atoms. The van der Waals surface area contributed by atoms with Gasteiger partial charge in [-0.1, -0.05) is 12.2 Å². The van der Waals surface area contributed by atoms with Crippen molar-refractivity contribution in [3.63, 3.8) is 0 Å².